The van der Waals surface area contributed by atoms with Crippen molar-refractivity contribution in [2.24, 2.45) is 0 Å². The summed E-state index contributed by atoms with van der Waals surface area (Å²) in [5, 5.41) is 11.5. The van der Waals surface area contributed by atoms with Crippen molar-refractivity contribution in [2.45, 2.75) is 57.9 Å². The van der Waals surface area contributed by atoms with Gasteiger partial charge < -0.3 is 9.84 Å². The molecular weight excluding hydrogens is 354 g/mol. The quantitative estimate of drug-likeness (QED) is 0.639. The molecular formula is C21H25N5O2. The molecule has 4 rings (SSSR count). The van der Waals surface area contributed by atoms with Gasteiger partial charge >= 0.3 is 0 Å². The van der Waals surface area contributed by atoms with Crippen LogP contribution in [0.5, 0.6) is 0 Å². The van der Waals surface area contributed by atoms with E-state index < -0.39 is 0 Å². The second-order valence-electron chi connectivity index (χ2n) is 7.45. The summed E-state index contributed by atoms with van der Waals surface area (Å²) in [6.07, 6.45) is 5.93. The van der Waals surface area contributed by atoms with Crippen LogP contribution >= 0.6 is 0 Å². The summed E-state index contributed by atoms with van der Waals surface area (Å²) in [5.41, 5.74) is 2.12. The van der Waals surface area contributed by atoms with Gasteiger partial charge in [-0.05, 0) is 38.7 Å². The molecule has 0 bridgehead atoms. The van der Waals surface area contributed by atoms with E-state index in [-0.39, 0.29) is 11.9 Å². The van der Waals surface area contributed by atoms with Crippen LogP contribution in [0.2, 0.25) is 0 Å². The molecule has 0 aliphatic heterocycles. The van der Waals surface area contributed by atoms with Crippen LogP contribution in [0.3, 0.4) is 0 Å². The molecule has 1 atom stereocenters. The zero-order chi connectivity index (χ0) is 19.5. The summed E-state index contributed by atoms with van der Waals surface area (Å²) < 4.78 is 7.14. The summed E-state index contributed by atoms with van der Waals surface area (Å²) in [6, 6.07) is 10.3. The number of amides is 1. The van der Waals surface area contributed by atoms with E-state index in [0.29, 0.717) is 36.9 Å². The number of rotatable bonds is 8. The summed E-state index contributed by atoms with van der Waals surface area (Å²) in [6.45, 7) is 4.04. The predicted molar refractivity (Wildman–Crippen MR) is 105 cm³/mol. The lowest BCUT2D eigenvalue weighted by Crippen LogP contribution is -2.14. The van der Waals surface area contributed by atoms with Crippen LogP contribution in [0.4, 0.5) is 5.82 Å². The summed E-state index contributed by atoms with van der Waals surface area (Å²) in [5.74, 6) is 2.47. The number of anilines is 1. The van der Waals surface area contributed by atoms with Gasteiger partial charge in [0.05, 0.1) is 6.04 Å². The van der Waals surface area contributed by atoms with Crippen LogP contribution < -0.4 is 5.32 Å². The topological polar surface area (TPSA) is 85.8 Å². The third-order valence-electron chi connectivity index (χ3n) is 5.07. The maximum Gasteiger partial charge on any atom is 0.226 e. The molecule has 1 amide bonds. The Kier molecular flexibility index (Phi) is 5.23. The fourth-order valence-corrected chi connectivity index (χ4v) is 3.16. The van der Waals surface area contributed by atoms with E-state index >= 15 is 0 Å². The van der Waals surface area contributed by atoms with Gasteiger partial charge in [-0.25, -0.2) is 0 Å². The first-order chi connectivity index (χ1) is 13.6. The standard InChI is InChI=1S/C21H25N5O2/c1-14-13-26(15(2)16-7-4-3-5-8-16)24-20(14)22-18(27)9-6-10-19-23-21(25-28-19)17-11-12-17/h3-5,7-8,13,15,17H,6,9-12H2,1-2H3,(H,22,24,27)/t15-/m0/s1. The molecule has 1 aromatic carbocycles. The van der Waals surface area contributed by atoms with Crippen molar-refractivity contribution in [1.82, 2.24) is 19.9 Å². The van der Waals surface area contributed by atoms with Crippen molar-refractivity contribution in [3.05, 3.63) is 59.4 Å². The molecule has 3 aromatic rings. The first kappa shape index (κ1) is 18.4. The number of carbonyl (C=O) groups excluding carboxylic acids is 1. The molecule has 1 saturated carbocycles. The number of hydrogen-bond donors (Lipinski definition) is 1. The zero-order valence-corrected chi connectivity index (χ0v) is 16.3. The van der Waals surface area contributed by atoms with Gasteiger partial charge in [-0.15, -0.1) is 0 Å². The van der Waals surface area contributed by atoms with E-state index in [2.05, 4.69) is 39.6 Å². The molecule has 146 valence electrons. The molecule has 1 N–H and O–H groups in total. The number of hydrogen-bond acceptors (Lipinski definition) is 5. The van der Waals surface area contributed by atoms with Crippen molar-refractivity contribution in [1.29, 1.82) is 0 Å². The van der Waals surface area contributed by atoms with Gasteiger partial charge in [-0.1, -0.05) is 35.5 Å². The molecule has 2 heterocycles. The zero-order valence-electron chi connectivity index (χ0n) is 16.3. The first-order valence-electron chi connectivity index (χ1n) is 9.83. The van der Waals surface area contributed by atoms with E-state index in [0.717, 1.165) is 24.2 Å². The fourth-order valence-electron chi connectivity index (χ4n) is 3.16. The smallest absolute Gasteiger partial charge is 0.226 e. The molecule has 0 unspecified atom stereocenters. The molecule has 1 aliphatic carbocycles. The lowest BCUT2D eigenvalue weighted by atomic mass is 10.1. The van der Waals surface area contributed by atoms with Crippen molar-refractivity contribution in [3.8, 4) is 0 Å². The van der Waals surface area contributed by atoms with Crippen molar-refractivity contribution in [2.75, 3.05) is 5.32 Å². The SMILES string of the molecule is Cc1cn([C@@H](C)c2ccccc2)nc1NC(=O)CCCc1nc(C2CC2)no1. The third-order valence-corrected chi connectivity index (χ3v) is 5.07. The molecule has 2 aromatic heterocycles. The fraction of sp³-hybridized carbons (Fsp3) is 0.429. The Bertz CT molecular complexity index is 943. The van der Waals surface area contributed by atoms with Crippen LogP contribution in [0, 0.1) is 6.92 Å². The van der Waals surface area contributed by atoms with Gasteiger partial charge in [0.15, 0.2) is 11.6 Å². The lowest BCUT2D eigenvalue weighted by molar-refractivity contribution is -0.116. The molecule has 7 heteroatoms. The Labute approximate surface area is 164 Å². The highest BCUT2D eigenvalue weighted by Crippen LogP contribution is 2.38. The molecule has 28 heavy (non-hydrogen) atoms. The highest BCUT2D eigenvalue weighted by molar-refractivity contribution is 5.90. The van der Waals surface area contributed by atoms with Crippen LogP contribution in [0.15, 0.2) is 41.1 Å². The number of aryl methyl sites for hydroxylation is 2. The molecule has 0 saturated heterocycles. The van der Waals surface area contributed by atoms with E-state index in [1.165, 1.54) is 5.56 Å². The Morgan fingerprint density at radius 2 is 2.11 bits per heavy atom. The molecule has 1 fully saturated rings. The molecule has 7 nitrogen and oxygen atoms in total. The first-order valence-corrected chi connectivity index (χ1v) is 9.83. The summed E-state index contributed by atoms with van der Waals surface area (Å²) >= 11 is 0. The summed E-state index contributed by atoms with van der Waals surface area (Å²) in [4.78, 5) is 16.7. The minimum atomic E-state index is -0.0531. The minimum Gasteiger partial charge on any atom is -0.339 e. The minimum absolute atomic E-state index is 0.0531. The van der Waals surface area contributed by atoms with Gasteiger partial charge in [0.1, 0.15) is 0 Å². The highest BCUT2D eigenvalue weighted by Gasteiger charge is 2.28. The number of nitrogens with one attached hydrogen (secondary N) is 1. The van der Waals surface area contributed by atoms with Crippen LogP contribution in [0.25, 0.3) is 0 Å². The van der Waals surface area contributed by atoms with Gasteiger partial charge in [-0.3, -0.25) is 9.48 Å². The molecule has 0 spiro atoms. The van der Waals surface area contributed by atoms with Gasteiger partial charge in [0.25, 0.3) is 0 Å². The normalized spacial score (nSPS) is 14.8. The Morgan fingerprint density at radius 3 is 2.86 bits per heavy atom. The average molecular weight is 379 g/mol. The van der Waals surface area contributed by atoms with E-state index in [1.54, 1.807) is 0 Å². The van der Waals surface area contributed by atoms with E-state index in [4.69, 9.17) is 4.52 Å². The average Bonchev–Trinajstić information content (AvgIpc) is 3.34. The second kappa shape index (κ2) is 7.96. The Morgan fingerprint density at radius 1 is 1.32 bits per heavy atom. The maximum atomic E-state index is 12.3. The van der Waals surface area contributed by atoms with E-state index in [9.17, 15) is 4.79 Å². The monoisotopic (exact) mass is 379 g/mol. The van der Waals surface area contributed by atoms with Gasteiger partial charge in [0.2, 0.25) is 11.8 Å². The highest BCUT2D eigenvalue weighted by atomic mass is 16.5. The molecule has 1 aliphatic rings. The Balaban J connectivity index is 1.29. The third kappa shape index (κ3) is 4.30. The predicted octanol–water partition coefficient (Wildman–Crippen LogP) is 4.02. The number of nitrogens with zero attached hydrogens (tertiary/aromatic N) is 4. The summed E-state index contributed by atoms with van der Waals surface area (Å²) in [7, 11) is 0. The number of carbonyl (C=O) groups is 1. The van der Waals surface area contributed by atoms with Crippen molar-refractivity contribution in [3.63, 3.8) is 0 Å². The number of benzene rings is 1. The van der Waals surface area contributed by atoms with Crippen molar-refractivity contribution >= 4 is 11.7 Å². The van der Waals surface area contributed by atoms with Crippen molar-refractivity contribution < 1.29 is 9.32 Å². The van der Waals surface area contributed by atoms with Crippen LogP contribution in [-0.4, -0.2) is 25.8 Å². The van der Waals surface area contributed by atoms with Gasteiger partial charge in [-0.2, -0.15) is 10.1 Å². The largest absolute Gasteiger partial charge is 0.339 e. The number of aromatic nitrogens is 4. The Hall–Kier alpha value is -2.96. The van der Waals surface area contributed by atoms with Gasteiger partial charge in [0, 0.05) is 30.5 Å². The second-order valence-corrected chi connectivity index (χ2v) is 7.45. The van der Waals surface area contributed by atoms with Crippen LogP contribution in [0.1, 0.15) is 67.4 Å². The molecule has 0 radical (unpaired) electrons. The van der Waals surface area contributed by atoms with Crippen LogP contribution in [-0.2, 0) is 11.2 Å². The maximum absolute atomic E-state index is 12.3. The lowest BCUT2D eigenvalue weighted by Gasteiger charge is -2.12. The van der Waals surface area contributed by atoms with E-state index in [1.807, 2.05) is 36.0 Å².